The molecule has 1 amide bonds. The van der Waals surface area contributed by atoms with Crippen molar-refractivity contribution in [3.63, 3.8) is 0 Å². The van der Waals surface area contributed by atoms with Gasteiger partial charge in [0.15, 0.2) is 0 Å². The third-order valence-electron chi connectivity index (χ3n) is 7.48. The Labute approximate surface area is 203 Å². The van der Waals surface area contributed by atoms with Gasteiger partial charge in [-0.05, 0) is 71.0 Å². The van der Waals surface area contributed by atoms with Crippen LogP contribution in [0, 0.1) is 12.8 Å². The third-order valence-corrected chi connectivity index (χ3v) is 7.48. The number of benzene rings is 2. The smallest absolute Gasteiger partial charge is 0.225 e. The van der Waals surface area contributed by atoms with Crippen LogP contribution in [0.2, 0.25) is 0 Å². The van der Waals surface area contributed by atoms with Crippen LogP contribution in [-0.2, 0) is 11.3 Å². The van der Waals surface area contributed by atoms with E-state index in [-0.39, 0.29) is 5.92 Å². The first kappa shape index (κ1) is 22.9. The number of hydrogen-bond donors (Lipinski definition) is 0. The number of likely N-dealkylation sites (tertiary alicyclic amines) is 1. The summed E-state index contributed by atoms with van der Waals surface area (Å²) in [6.07, 6.45) is 1.89. The van der Waals surface area contributed by atoms with Gasteiger partial charge in [-0.25, -0.2) is 4.98 Å². The van der Waals surface area contributed by atoms with Crippen LogP contribution >= 0.6 is 0 Å². The molecule has 34 heavy (non-hydrogen) atoms. The van der Waals surface area contributed by atoms with Crippen LogP contribution < -0.4 is 4.90 Å². The molecule has 2 aromatic carbocycles. The average Bonchev–Trinajstić information content (AvgIpc) is 3.23. The minimum atomic E-state index is 0.158. The standard InChI is InChI=1S/C28H37N5O/c1-21(2)33-26-7-5-4-6-25(26)29-27(33)20-30-14-12-23(13-15-30)28(34)32-18-16-31(17-19-32)24-10-8-22(3)9-11-24/h4-11,21,23H,12-20H2,1-3H3. The van der Waals surface area contributed by atoms with Gasteiger partial charge in [-0.15, -0.1) is 0 Å². The van der Waals surface area contributed by atoms with Crippen molar-refractivity contribution in [1.82, 2.24) is 19.4 Å². The van der Waals surface area contributed by atoms with E-state index in [0.29, 0.717) is 11.9 Å². The number of hydrogen-bond acceptors (Lipinski definition) is 4. The molecule has 2 aliphatic heterocycles. The van der Waals surface area contributed by atoms with Gasteiger partial charge >= 0.3 is 0 Å². The largest absolute Gasteiger partial charge is 0.368 e. The number of carbonyl (C=O) groups is 1. The first-order valence-corrected chi connectivity index (χ1v) is 12.8. The van der Waals surface area contributed by atoms with E-state index >= 15 is 0 Å². The van der Waals surface area contributed by atoms with Crippen molar-refractivity contribution in [2.75, 3.05) is 44.2 Å². The molecule has 0 saturated carbocycles. The Bertz CT molecular complexity index is 1120. The van der Waals surface area contributed by atoms with Crippen molar-refractivity contribution in [2.24, 2.45) is 5.92 Å². The molecule has 3 aromatic rings. The number of nitrogens with zero attached hydrogens (tertiary/aromatic N) is 5. The Balaban J connectivity index is 1.15. The van der Waals surface area contributed by atoms with Gasteiger partial charge < -0.3 is 14.4 Å². The van der Waals surface area contributed by atoms with Crippen molar-refractivity contribution in [2.45, 2.75) is 46.2 Å². The number of amides is 1. The molecular weight excluding hydrogens is 422 g/mol. The molecule has 0 radical (unpaired) electrons. The predicted octanol–water partition coefficient (Wildman–Crippen LogP) is 4.49. The van der Waals surface area contributed by atoms with Crippen LogP contribution in [0.4, 0.5) is 5.69 Å². The van der Waals surface area contributed by atoms with E-state index in [0.717, 1.165) is 70.0 Å². The molecule has 6 nitrogen and oxygen atoms in total. The second-order valence-electron chi connectivity index (χ2n) is 10.2. The highest BCUT2D eigenvalue weighted by atomic mass is 16.2. The molecule has 2 aliphatic rings. The fourth-order valence-electron chi connectivity index (χ4n) is 5.52. The van der Waals surface area contributed by atoms with Crippen LogP contribution in [-0.4, -0.2) is 64.5 Å². The lowest BCUT2D eigenvalue weighted by atomic mass is 9.95. The van der Waals surface area contributed by atoms with Crippen LogP contribution in [0.15, 0.2) is 48.5 Å². The summed E-state index contributed by atoms with van der Waals surface area (Å²) in [6, 6.07) is 17.5. The van der Waals surface area contributed by atoms with Gasteiger partial charge in [0.2, 0.25) is 5.91 Å². The van der Waals surface area contributed by atoms with E-state index < -0.39 is 0 Å². The number of aromatic nitrogens is 2. The number of piperidine rings is 1. The molecule has 0 bridgehead atoms. The number of piperazine rings is 1. The lowest BCUT2D eigenvalue weighted by Gasteiger charge is -2.39. The fourth-order valence-corrected chi connectivity index (χ4v) is 5.52. The summed E-state index contributed by atoms with van der Waals surface area (Å²) in [5.74, 6) is 1.65. The number of imidazole rings is 1. The zero-order chi connectivity index (χ0) is 23.7. The average molecular weight is 460 g/mol. The normalized spacial score (nSPS) is 18.2. The first-order chi connectivity index (χ1) is 16.5. The highest BCUT2D eigenvalue weighted by molar-refractivity contribution is 5.79. The Kier molecular flexibility index (Phi) is 6.59. The molecule has 0 aliphatic carbocycles. The monoisotopic (exact) mass is 459 g/mol. The van der Waals surface area contributed by atoms with E-state index in [2.05, 4.69) is 88.6 Å². The molecule has 0 spiro atoms. The number of aryl methyl sites for hydroxylation is 1. The summed E-state index contributed by atoms with van der Waals surface area (Å²) >= 11 is 0. The molecule has 6 heteroatoms. The van der Waals surface area contributed by atoms with E-state index in [1.165, 1.54) is 16.8 Å². The summed E-state index contributed by atoms with van der Waals surface area (Å²) < 4.78 is 2.36. The van der Waals surface area contributed by atoms with Gasteiger partial charge in [0, 0.05) is 43.8 Å². The summed E-state index contributed by atoms with van der Waals surface area (Å²) in [4.78, 5) is 25.1. The molecule has 5 rings (SSSR count). The highest BCUT2D eigenvalue weighted by Crippen LogP contribution is 2.26. The van der Waals surface area contributed by atoms with Gasteiger partial charge in [0.1, 0.15) is 5.82 Å². The molecule has 3 heterocycles. The predicted molar refractivity (Wildman–Crippen MR) is 138 cm³/mol. The second kappa shape index (κ2) is 9.79. The van der Waals surface area contributed by atoms with Gasteiger partial charge in [0.25, 0.3) is 0 Å². The topological polar surface area (TPSA) is 44.6 Å². The van der Waals surface area contributed by atoms with Crippen LogP contribution in [0.1, 0.15) is 44.1 Å². The molecular formula is C28H37N5O. The van der Waals surface area contributed by atoms with E-state index in [1.54, 1.807) is 0 Å². The van der Waals surface area contributed by atoms with Crippen LogP contribution in [0.5, 0.6) is 0 Å². The number of carbonyl (C=O) groups excluding carboxylic acids is 1. The lowest BCUT2D eigenvalue weighted by Crippen LogP contribution is -2.51. The summed E-state index contributed by atoms with van der Waals surface area (Å²) in [6.45, 7) is 12.8. The van der Waals surface area contributed by atoms with Gasteiger partial charge in [-0.2, -0.15) is 0 Å². The molecule has 2 fully saturated rings. The first-order valence-electron chi connectivity index (χ1n) is 12.8. The second-order valence-corrected chi connectivity index (χ2v) is 10.2. The van der Waals surface area contributed by atoms with Crippen molar-refractivity contribution >= 4 is 22.6 Å². The summed E-state index contributed by atoms with van der Waals surface area (Å²) in [7, 11) is 0. The molecule has 0 atom stereocenters. The summed E-state index contributed by atoms with van der Waals surface area (Å²) in [5.41, 5.74) is 4.83. The van der Waals surface area contributed by atoms with E-state index in [1.807, 2.05) is 0 Å². The van der Waals surface area contributed by atoms with Gasteiger partial charge in [-0.1, -0.05) is 29.8 Å². The molecule has 2 saturated heterocycles. The minimum absolute atomic E-state index is 0.158. The fraction of sp³-hybridized carbons (Fsp3) is 0.500. The van der Waals surface area contributed by atoms with Crippen LogP contribution in [0.25, 0.3) is 11.0 Å². The maximum Gasteiger partial charge on any atom is 0.225 e. The third kappa shape index (κ3) is 4.69. The minimum Gasteiger partial charge on any atom is -0.368 e. The summed E-state index contributed by atoms with van der Waals surface area (Å²) in [5, 5.41) is 0. The maximum atomic E-state index is 13.2. The number of rotatable bonds is 5. The Morgan fingerprint density at radius 3 is 2.29 bits per heavy atom. The Hall–Kier alpha value is -2.86. The van der Waals surface area contributed by atoms with Crippen molar-refractivity contribution in [1.29, 1.82) is 0 Å². The molecule has 0 unspecified atom stereocenters. The zero-order valence-electron chi connectivity index (χ0n) is 20.8. The Morgan fingerprint density at radius 2 is 1.62 bits per heavy atom. The number of para-hydroxylation sites is 2. The van der Waals surface area contributed by atoms with Crippen LogP contribution in [0.3, 0.4) is 0 Å². The quantitative estimate of drug-likeness (QED) is 0.564. The maximum absolute atomic E-state index is 13.2. The highest BCUT2D eigenvalue weighted by Gasteiger charge is 2.31. The molecule has 1 aromatic heterocycles. The van der Waals surface area contributed by atoms with Crippen molar-refractivity contribution in [3.8, 4) is 0 Å². The molecule has 180 valence electrons. The molecule has 0 N–H and O–H groups in total. The van der Waals surface area contributed by atoms with Crippen molar-refractivity contribution in [3.05, 3.63) is 59.9 Å². The van der Waals surface area contributed by atoms with Crippen molar-refractivity contribution < 1.29 is 4.79 Å². The SMILES string of the molecule is Cc1ccc(N2CCN(C(=O)C3CCN(Cc4nc5ccccc5n4C(C)C)CC3)CC2)cc1. The Morgan fingerprint density at radius 1 is 0.941 bits per heavy atom. The number of anilines is 1. The number of fused-ring (bicyclic) bond motifs is 1. The van der Waals surface area contributed by atoms with E-state index in [9.17, 15) is 4.79 Å². The van der Waals surface area contributed by atoms with Gasteiger partial charge in [0.05, 0.1) is 17.6 Å². The zero-order valence-corrected chi connectivity index (χ0v) is 20.8. The lowest BCUT2D eigenvalue weighted by molar-refractivity contribution is -0.137. The van der Waals surface area contributed by atoms with Gasteiger partial charge in [-0.3, -0.25) is 9.69 Å². The van der Waals surface area contributed by atoms with E-state index in [4.69, 9.17) is 4.98 Å².